The van der Waals surface area contributed by atoms with E-state index in [4.69, 9.17) is 0 Å². The first-order valence-corrected chi connectivity index (χ1v) is 5.91. The van der Waals surface area contributed by atoms with Crippen LogP contribution in [0.1, 0.15) is 11.4 Å². The Morgan fingerprint density at radius 3 is 2.68 bits per heavy atom. The Morgan fingerprint density at radius 2 is 1.84 bits per heavy atom. The third-order valence-corrected chi connectivity index (χ3v) is 2.73. The SMILES string of the molecule is O=c1[nH]c(C=Cc2ccccc2)nc2ncccc12. The third kappa shape index (κ3) is 2.42. The molecule has 0 aliphatic rings. The standard InChI is InChI=1S/C15H11N3O/c19-15-12-7-4-10-16-14(12)17-13(18-15)9-8-11-5-2-1-3-6-11/h1-10H,(H,16,17,18,19). The van der Waals surface area contributed by atoms with Gasteiger partial charge in [0.05, 0.1) is 5.39 Å². The normalized spacial score (nSPS) is 11.2. The molecule has 2 aromatic heterocycles. The molecule has 2 heterocycles. The molecule has 0 aliphatic carbocycles. The zero-order chi connectivity index (χ0) is 13.1. The third-order valence-electron chi connectivity index (χ3n) is 2.73. The maximum absolute atomic E-state index is 11.8. The molecule has 0 saturated carbocycles. The van der Waals surface area contributed by atoms with Crippen molar-refractivity contribution >= 4 is 23.2 Å². The van der Waals surface area contributed by atoms with E-state index >= 15 is 0 Å². The Labute approximate surface area is 109 Å². The lowest BCUT2D eigenvalue weighted by molar-refractivity contribution is 1.11. The molecule has 0 bridgehead atoms. The summed E-state index contributed by atoms with van der Waals surface area (Å²) < 4.78 is 0. The van der Waals surface area contributed by atoms with Gasteiger partial charge in [0.25, 0.3) is 5.56 Å². The molecule has 19 heavy (non-hydrogen) atoms. The Kier molecular flexibility index (Phi) is 2.90. The lowest BCUT2D eigenvalue weighted by Crippen LogP contribution is -2.10. The van der Waals surface area contributed by atoms with E-state index in [-0.39, 0.29) is 5.56 Å². The van der Waals surface area contributed by atoms with Gasteiger partial charge in [0, 0.05) is 6.20 Å². The molecular weight excluding hydrogens is 238 g/mol. The van der Waals surface area contributed by atoms with Crippen molar-refractivity contribution in [3.05, 3.63) is 70.4 Å². The molecule has 0 fully saturated rings. The van der Waals surface area contributed by atoms with Crippen molar-refractivity contribution in [2.75, 3.05) is 0 Å². The first-order chi connectivity index (χ1) is 9.33. The number of hydrogen-bond acceptors (Lipinski definition) is 3. The van der Waals surface area contributed by atoms with Crippen LogP contribution < -0.4 is 5.56 Å². The molecule has 0 atom stereocenters. The highest BCUT2D eigenvalue weighted by molar-refractivity contribution is 5.75. The molecule has 1 aromatic carbocycles. The van der Waals surface area contributed by atoms with Crippen molar-refractivity contribution in [3.8, 4) is 0 Å². The average molecular weight is 249 g/mol. The minimum Gasteiger partial charge on any atom is -0.306 e. The number of fused-ring (bicyclic) bond motifs is 1. The fourth-order valence-electron chi connectivity index (χ4n) is 1.81. The van der Waals surface area contributed by atoms with Crippen molar-refractivity contribution in [3.63, 3.8) is 0 Å². The zero-order valence-electron chi connectivity index (χ0n) is 10.1. The van der Waals surface area contributed by atoms with Gasteiger partial charge in [-0.15, -0.1) is 0 Å². The van der Waals surface area contributed by atoms with E-state index in [0.717, 1.165) is 5.56 Å². The van der Waals surface area contributed by atoms with Crippen LogP contribution in [0.3, 0.4) is 0 Å². The van der Waals surface area contributed by atoms with Crippen LogP contribution in [0.4, 0.5) is 0 Å². The van der Waals surface area contributed by atoms with Gasteiger partial charge in [0.1, 0.15) is 5.82 Å². The van der Waals surface area contributed by atoms with Crippen LogP contribution in [-0.4, -0.2) is 15.0 Å². The van der Waals surface area contributed by atoms with E-state index < -0.39 is 0 Å². The summed E-state index contributed by atoms with van der Waals surface area (Å²) in [5.74, 6) is 0.500. The van der Waals surface area contributed by atoms with Gasteiger partial charge >= 0.3 is 0 Å². The minimum atomic E-state index is -0.175. The molecule has 3 aromatic rings. The Balaban J connectivity index is 2.02. The number of nitrogens with zero attached hydrogens (tertiary/aromatic N) is 2. The molecule has 3 rings (SSSR count). The quantitative estimate of drug-likeness (QED) is 0.759. The second-order valence-corrected chi connectivity index (χ2v) is 4.07. The predicted octanol–water partition coefficient (Wildman–Crippen LogP) is 2.49. The van der Waals surface area contributed by atoms with Crippen molar-refractivity contribution in [2.24, 2.45) is 0 Å². The van der Waals surface area contributed by atoms with E-state index in [1.165, 1.54) is 0 Å². The number of nitrogens with one attached hydrogen (secondary N) is 1. The van der Waals surface area contributed by atoms with Gasteiger partial charge in [0.15, 0.2) is 5.65 Å². The van der Waals surface area contributed by atoms with Gasteiger partial charge in [0.2, 0.25) is 0 Å². The lowest BCUT2D eigenvalue weighted by Gasteiger charge is -1.97. The van der Waals surface area contributed by atoms with Crippen LogP contribution >= 0.6 is 0 Å². The van der Waals surface area contributed by atoms with Crippen LogP contribution in [0.15, 0.2) is 53.5 Å². The monoisotopic (exact) mass is 249 g/mol. The second kappa shape index (κ2) is 4.86. The maximum atomic E-state index is 11.8. The molecule has 4 nitrogen and oxygen atoms in total. The smallest absolute Gasteiger partial charge is 0.260 e. The van der Waals surface area contributed by atoms with E-state index in [9.17, 15) is 4.79 Å². The van der Waals surface area contributed by atoms with Gasteiger partial charge in [-0.2, -0.15) is 0 Å². The Bertz CT molecular complexity index is 791. The first-order valence-electron chi connectivity index (χ1n) is 5.91. The highest BCUT2D eigenvalue weighted by atomic mass is 16.1. The van der Waals surface area contributed by atoms with Crippen LogP contribution in [0.5, 0.6) is 0 Å². The molecule has 0 amide bonds. The lowest BCUT2D eigenvalue weighted by atomic mass is 10.2. The van der Waals surface area contributed by atoms with Gasteiger partial charge in [-0.25, -0.2) is 9.97 Å². The number of aromatic nitrogens is 3. The highest BCUT2D eigenvalue weighted by Gasteiger charge is 2.01. The number of hydrogen-bond donors (Lipinski definition) is 1. The van der Waals surface area contributed by atoms with Gasteiger partial charge < -0.3 is 4.98 Å². The summed E-state index contributed by atoms with van der Waals surface area (Å²) in [4.78, 5) is 23.0. The molecule has 0 saturated heterocycles. The number of pyridine rings is 1. The summed E-state index contributed by atoms with van der Waals surface area (Å²) in [7, 11) is 0. The average Bonchev–Trinajstić information content (AvgIpc) is 2.46. The maximum Gasteiger partial charge on any atom is 0.260 e. The summed E-state index contributed by atoms with van der Waals surface area (Å²) in [6.45, 7) is 0. The van der Waals surface area contributed by atoms with E-state index in [1.54, 1.807) is 24.4 Å². The van der Waals surface area contributed by atoms with E-state index in [2.05, 4.69) is 15.0 Å². The van der Waals surface area contributed by atoms with Crippen molar-refractivity contribution in [1.82, 2.24) is 15.0 Å². The summed E-state index contributed by atoms with van der Waals surface area (Å²) >= 11 is 0. The molecule has 0 radical (unpaired) electrons. The molecule has 0 aliphatic heterocycles. The first kappa shape index (κ1) is 11.3. The highest BCUT2D eigenvalue weighted by Crippen LogP contribution is 2.06. The van der Waals surface area contributed by atoms with E-state index in [0.29, 0.717) is 16.9 Å². The van der Waals surface area contributed by atoms with Gasteiger partial charge in [-0.05, 0) is 23.8 Å². The number of rotatable bonds is 2. The van der Waals surface area contributed by atoms with Gasteiger partial charge in [-0.3, -0.25) is 4.79 Å². The summed E-state index contributed by atoms with van der Waals surface area (Å²) in [6, 6.07) is 13.3. The second-order valence-electron chi connectivity index (χ2n) is 4.07. The molecule has 4 heteroatoms. The van der Waals surface area contributed by atoms with Crippen LogP contribution in [-0.2, 0) is 0 Å². The molecule has 1 N–H and O–H groups in total. The Morgan fingerprint density at radius 1 is 1.00 bits per heavy atom. The van der Waals surface area contributed by atoms with E-state index in [1.807, 2.05) is 36.4 Å². The molecular formula is C15H11N3O. The van der Waals surface area contributed by atoms with Crippen molar-refractivity contribution < 1.29 is 0 Å². The summed E-state index contributed by atoms with van der Waals surface area (Å²) in [6.07, 6.45) is 5.29. The van der Waals surface area contributed by atoms with Crippen LogP contribution in [0, 0.1) is 0 Å². The fourth-order valence-corrected chi connectivity index (χ4v) is 1.81. The zero-order valence-corrected chi connectivity index (χ0v) is 10.1. The Hall–Kier alpha value is -2.75. The summed E-state index contributed by atoms with van der Waals surface area (Å²) in [5.41, 5.74) is 1.33. The van der Waals surface area contributed by atoms with Crippen molar-refractivity contribution in [2.45, 2.75) is 0 Å². The molecule has 0 unspecified atom stereocenters. The number of H-pyrrole nitrogens is 1. The molecule has 92 valence electrons. The predicted molar refractivity (Wildman–Crippen MR) is 75.5 cm³/mol. The topological polar surface area (TPSA) is 58.6 Å². The molecule has 0 spiro atoms. The van der Waals surface area contributed by atoms with Crippen LogP contribution in [0.25, 0.3) is 23.2 Å². The number of benzene rings is 1. The number of aromatic amines is 1. The van der Waals surface area contributed by atoms with Gasteiger partial charge in [-0.1, -0.05) is 36.4 Å². The van der Waals surface area contributed by atoms with Crippen LogP contribution in [0.2, 0.25) is 0 Å². The largest absolute Gasteiger partial charge is 0.306 e. The minimum absolute atomic E-state index is 0.175. The summed E-state index contributed by atoms with van der Waals surface area (Å²) in [5, 5.41) is 0.499. The van der Waals surface area contributed by atoms with Crippen molar-refractivity contribution in [1.29, 1.82) is 0 Å². The fraction of sp³-hybridized carbons (Fsp3) is 0.